The number of hydrogen-bond acceptors (Lipinski definition) is 6. The number of ether oxygens (including phenoxy) is 1. The molecule has 2 aromatic rings. The molecule has 6 nitrogen and oxygen atoms in total. The maximum Gasteiger partial charge on any atom is 0.141 e. The summed E-state index contributed by atoms with van der Waals surface area (Å²) in [6.07, 6.45) is 1.92. The highest BCUT2D eigenvalue weighted by Crippen LogP contribution is 2.38. The number of hydrogen-bond donors (Lipinski definition) is 1. The van der Waals surface area contributed by atoms with Gasteiger partial charge in [0, 0.05) is 56.2 Å². The first-order valence-corrected chi connectivity index (χ1v) is 10.3. The standard InChI is InChI=1S/C23H30N4O2/c1-25-11-13-26(14-12-25)21-7-8-23(29-2)19-9-10-27(15-20(19)21)22(16-28)17-3-5-18(24)6-4-17/h3-8,16,22H,9-15,24H2,1-2H3/t22-/m1/s1. The number of nitrogens with two attached hydrogens (primary N) is 1. The Bertz CT molecular complexity index is 860. The number of nitrogen functional groups attached to an aromatic ring is 1. The summed E-state index contributed by atoms with van der Waals surface area (Å²) in [5.41, 5.74) is 11.4. The van der Waals surface area contributed by atoms with Gasteiger partial charge >= 0.3 is 0 Å². The lowest BCUT2D eigenvalue weighted by Gasteiger charge is -2.39. The Kier molecular flexibility index (Phi) is 5.74. The van der Waals surface area contributed by atoms with Gasteiger partial charge in [-0.05, 0) is 48.9 Å². The van der Waals surface area contributed by atoms with Crippen molar-refractivity contribution in [2.24, 2.45) is 0 Å². The molecule has 0 saturated carbocycles. The van der Waals surface area contributed by atoms with Crippen LogP contribution in [0.3, 0.4) is 0 Å². The molecular weight excluding hydrogens is 364 g/mol. The van der Waals surface area contributed by atoms with Crippen molar-refractivity contribution in [3.05, 3.63) is 53.1 Å². The van der Waals surface area contributed by atoms with Crippen molar-refractivity contribution in [3.63, 3.8) is 0 Å². The number of nitrogens with zero attached hydrogens (tertiary/aromatic N) is 3. The highest BCUT2D eigenvalue weighted by atomic mass is 16.5. The van der Waals surface area contributed by atoms with E-state index >= 15 is 0 Å². The molecule has 1 fully saturated rings. The summed E-state index contributed by atoms with van der Waals surface area (Å²) >= 11 is 0. The molecule has 2 aliphatic rings. The van der Waals surface area contributed by atoms with Crippen LogP contribution in [0.5, 0.6) is 5.75 Å². The zero-order chi connectivity index (χ0) is 20.4. The molecule has 2 heterocycles. The van der Waals surface area contributed by atoms with Crippen LogP contribution < -0.4 is 15.4 Å². The van der Waals surface area contributed by atoms with Crippen LogP contribution in [0.15, 0.2) is 36.4 Å². The molecule has 0 radical (unpaired) electrons. The molecule has 0 aliphatic carbocycles. The number of aldehydes is 1. The Morgan fingerprint density at radius 1 is 1.00 bits per heavy atom. The van der Waals surface area contributed by atoms with Crippen molar-refractivity contribution in [1.29, 1.82) is 0 Å². The predicted octanol–water partition coefficient (Wildman–Crippen LogP) is 2.33. The molecular formula is C23H30N4O2. The van der Waals surface area contributed by atoms with E-state index in [0.29, 0.717) is 5.69 Å². The minimum Gasteiger partial charge on any atom is -0.496 e. The van der Waals surface area contributed by atoms with Crippen LogP contribution in [0.25, 0.3) is 0 Å². The van der Waals surface area contributed by atoms with E-state index in [1.807, 2.05) is 24.3 Å². The van der Waals surface area contributed by atoms with Gasteiger partial charge in [-0.25, -0.2) is 0 Å². The summed E-state index contributed by atoms with van der Waals surface area (Å²) in [5.74, 6) is 0.952. The number of benzene rings is 2. The number of fused-ring (bicyclic) bond motifs is 1. The smallest absolute Gasteiger partial charge is 0.141 e. The molecule has 2 aliphatic heterocycles. The molecule has 0 spiro atoms. The van der Waals surface area contributed by atoms with Gasteiger partial charge in [0.15, 0.2) is 0 Å². The zero-order valence-corrected chi connectivity index (χ0v) is 17.3. The number of carbonyl (C=O) groups is 1. The van der Waals surface area contributed by atoms with Crippen LogP contribution in [-0.4, -0.2) is 63.0 Å². The second kappa shape index (κ2) is 8.43. The Morgan fingerprint density at radius 3 is 2.38 bits per heavy atom. The number of piperazine rings is 1. The van der Waals surface area contributed by atoms with Gasteiger partial charge in [-0.1, -0.05) is 12.1 Å². The van der Waals surface area contributed by atoms with E-state index in [-0.39, 0.29) is 6.04 Å². The van der Waals surface area contributed by atoms with Crippen molar-refractivity contribution >= 4 is 17.7 Å². The predicted molar refractivity (Wildman–Crippen MR) is 116 cm³/mol. The first kappa shape index (κ1) is 19.7. The molecule has 6 heteroatoms. The summed E-state index contributed by atoms with van der Waals surface area (Å²) in [5, 5.41) is 0. The normalized spacial score (nSPS) is 18.9. The lowest BCUT2D eigenvalue weighted by atomic mass is 9.93. The quantitative estimate of drug-likeness (QED) is 0.620. The van der Waals surface area contributed by atoms with Crippen LogP contribution in [0.4, 0.5) is 11.4 Å². The van der Waals surface area contributed by atoms with Gasteiger partial charge < -0.3 is 25.1 Å². The van der Waals surface area contributed by atoms with Crippen molar-refractivity contribution in [2.75, 3.05) is 57.5 Å². The van der Waals surface area contributed by atoms with Crippen molar-refractivity contribution in [2.45, 2.75) is 19.0 Å². The number of rotatable bonds is 5. The Labute approximate surface area is 172 Å². The maximum absolute atomic E-state index is 12.0. The average molecular weight is 395 g/mol. The fourth-order valence-corrected chi connectivity index (χ4v) is 4.49. The van der Waals surface area contributed by atoms with Gasteiger partial charge in [-0.2, -0.15) is 0 Å². The van der Waals surface area contributed by atoms with E-state index in [0.717, 1.165) is 63.3 Å². The molecule has 1 saturated heterocycles. The van der Waals surface area contributed by atoms with Crippen LogP contribution in [0.1, 0.15) is 22.7 Å². The van der Waals surface area contributed by atoms with Gasteiger partial charge in [0.25, 0.3) is 0 Å². The van der Waals surface area contributed by atoms with Gasteiger partial charge in [0.05, 0.1) is 13.2 Å². The summed E-state index contributed by atoms with van der Waals surface area (Å²) < 4.78 is 5.66. The Balaban J connectivity index is 1.66. The van der Waals surface area contributed by atoms with Crippen molar-refractivity contribution in [3.8, 4) is 5.75 Å². The summed E-state index contributed by atoms with van der Waals surface area (Å²) in [7, 11) is 3.91. The second-order valence-electron chi connectivity index (χ2n) is 8.00. The van der Waals surface area contributed by atoms with Crippen molar-refractivity contribution < 1.29 is 9.53 Å². The number of anilines is 2. The molecule has 0 aromatic heterocycles. The molecule has 0 bridgehead atoms. The second-order valence-corrected chi connectivity index (χ2v) is 8.00. The summed E-state index contributed by atoms with van der Waals surface area (Å²) in [4.78, 5) is 19.1. The average Bonchev–Trinajstić information content (AvgIpc) is 2.75. The van der Waals surface area contributed by atoms with Crippen LogP contribution >= 0.6 is 0 Å². The molecule has 0 unspecified atom stereocenters. The van der Waals surface area contributed by atoms with E-state index < -0.39 is 0 Å². The third-order valence-corrected chi connectivity index (χ3v) is 6.24. The molecule has 0 amide bonds. The highest BCUT2D eigenvalue weighted by Gasteiger charge is 2.29. The molecule has 2 N–H and O–H groups in total. The van der Waals surface area contributed by atoms with E-state index in [1.54, 1.807) is 7.11 Å². The first-order valence-electron chi connectivity index (χ1n) is 10.3. The van der Waals surface area contributed by atoms with Crippen LogP contribution in [0.2, 0.25) is 0 Å². The molecule has 154 valence electrons. The third kappa shape index (κ3) is 3.95. The zero-order valence-electron chi connectivity index (χ0n) is 17.3. The van der Waals surface area contributed by atoms with E-state index in [9.17, 15) is 4.79 Å². The number of carbonyl (C=O) groups excluding carboxylic acids is 1. The van der Waals surface area contributed by atoms with Gasteiger partial charge in [0.2, 0.25) is 0 Å². The monoisotopic (exact) mass is 394 g/mol. The summed E-state index contributed by atoms with van der Waals surface area (Å²) in [6.45, 7) is 5.72. The molecule has 29 heavy (non-hydrogen) atoms. The Hall–Kier alpha value is -2.57. The SMILES string of the molecule is COc1ccc(N2CCN(C)CC2)c2c1CCN([C@H](C=O)c1ccc(N)cc1)C2. The van der Waals surface area contributed by atoms with Crippen molar-refractivity contribution in [1.82, 2.24) is 9.80 Å². The van der Waals surface area contributed by atoms with Crippen LogP contribution in [-0.2, 0) is 17.8 Å². The van der Waals surface area contributed by atoms with Gasteiger partial charge in [0.1, 0.15) is 12.0 Å². The fraction of sp³-hybridized carbons (Fsp3) is 0.435. The molecule has 2 aromatic carbocycles. The first-order chi connectivity index (χ1) is 14.1. The lowest BCUT2D eigenvalue weighted by molar-refractivity contribution is -0.113. The summed E-state index contributed by atoms with van der Waals surface area (Å²) in [6, 6.07) is 11.7. The lowest BCUT2D eigenvalue weighted by Crippen LogP contribution is -2.45. The maximum atomic E-state index is 12.0. The Morgan fingerprint density at radius 2 is 1.72 bits per heavy atom. The van der Waals surface area contributed by atoms with Gasteiger partial charge in [-0.15, -0.1) is 0 Å². The van der Waals surface area contributed by atoms with E-state index in [1.165, 1.54) is 16.8 Å². The van der Waals surface area contributed by atoms with E-state index in [4.69, 9.17) is 10.5 Å². The molecule has 1 atom stereocenters. The highest BCUT2D eigenvalue weighted by molar-refractivity contribution is 5.65. The third-order valence-electron chi connectivity index (χ3n) is 6.24. The number of likely N-dealkylation sites (N-methyl/N-ethyl adjacent to an activating group) is 1. The minimum absolute atomic E-state index is 0.268. The van der Waals surface area contributed by atoms with Gasteiger partial charge in [-0.3, -0.25) is 4.90 Å². The van der Waals surface area contributed by atoms with E-state index in [2.05, 4.69) is 33.9 Å². The molecule has 4 rings (SSSR count). The fourth-order valence-electron chi connectivity index (χ4n) is 4.49. The minimum atomic E-state index is -0.268. The number of methoxy groups -OCH3 is 1. The van der Waals surface area contributed by atoms with Crippen LogP contribution in [0, 0.1) is 0 Å². The topological polar surface area (TPSA) is 62.0 Å². The largest absolute Gasteiger partial charge is 0.496 e.